The average molecular weight is 185 g/mol. The summed E-state index contributed by atoms with van der Waals surface area (Å²) in [4.78, 5) is 11.4. The first kappa shape index (κ1) is 8.52. The number of carbonyl (C=O) groups excluding carboxylic acids is 1. The minimum atomic E-state index is -0.316. The summed E-state index contributed by atoms with van der Waals surface area (Å²) in [6, 6.07) is 8.77. The number of carbonyl (C=O) groups is 1. The van der Waals surface area contributed by atoms with Gasteiger partial charge in [0.15, 0.2) is 5.78 Å². The standard InChI is InChI=1S/C11H7NO2/c12-6-9-10(13)5-7-3-1-2-4-8(7)11(9)14/h1-4,14H,5H2. The van der Waals surface area contributed by atoms with Gasteiger partial charge in [-0.3, -0.25) is 4.79 Å². The van der Waals surface area contributed by atoms with E-state index in [4.69, 9.17) is 5.26 Å². The Bertz CT molecular complexity index is 480. The molecule has 3 heteroatoms. The summed E-state index contributed by atoms with van der Waals surface area (Å²) in [5.74, 6) is -0.511. The molecular formula is C11H7NO2. The number of Topliss-reactive ketones (excluding diaryl/α,β-unsaturated/α-hetero) is 1. The molecule has 0 spiro atoms. The number of benzene rings is 1. The van der Waals surface area contributed by atoms with Crippen molar-refractivity contribution in [1.29, 1.82) is 5.26 Å². The Morgan fingerprint density at radius 3 is 2.79 bits per heavy atom. The molecule has 0 aromatic heterocycles. The normalized spacial score (nSPS) is 14.9. The van der Waals surface area contributed by atoms with Crippen molar-refractivity contribution >= 4 is 11.5 Å². The minimum Gasteiger partial charge on any atom is -0.506 e. The molecule has 0 heterocycles. The van der Waals surface area contributed by atoms with Gasteiger partial charge in [-0.1, -0.05) is 24.3 Å². The highest BCUT2D eigenvalue weighted by Crippen LogP contribution is 2.26. The fourth-order valence-electron chi connectivity index (χ4n) is 1.55. The van der Waals surface area contributed by atoms with E-state index in [2.05, 4.69) is 0 Å². The van der Waals surface area contributed by atoms with Crippen molar-refractivity contribution in [2.24, 2.45) is 0 Å². The molecule has 0 aliphatic heterocycles. The molecule has 0 saturated carbocycles. The molecule has 1 aromatic rings. The van der Waals surface area contributed by atoms with Crippen molar-refractivity contribution in [3.05, 3.63) is 41.0 Å². The highest BCUT2D eigenvalue weighted by molar-refractivity contribution is 6.08. The van der Waals surface area contributed by atoms with Crippen molar-refractivity contribution in [3.63, 3.8) is 0 Å². The van der Waals surface area contributed by atoms with Crippen LogP contribution < -0.4 is 0 Å². The fourth-order valence-corrected chi connectivity index (χ4v) is 1.55. The largest absolute Gasteiger partial charge is 0.506 e. The van der Waals surface area contributed by atoms with Gasteiger partial charge in [-0.05, 0) is 5.56 Å². The highest BCUT2D eigenvalue weighted by Gasteiger charge is 2.24. The second-order valence-corrected chi connectivity index (χ2v) is 3.09. The molecule has 0 bridgehead atoms. The van der Waals surface area contributed by atoms with Crippen LogP contribution in [-0.4, -0.2) is 10.9 Å². The van der Waals surface area contributed by atoms with Gasteiger partial charge >= 0.3 is 0 Å². The van der Waals surface area contributed by atoms with Gasteiger partial charge in [-0.25, -0.2) is 0 Å². The lowest BCUT2D eigenvalue weighted by atomic mass is 9.90. The Morgan fingerprint density at radius 2 is 2.07 bits per heavy atom. The van der Waals surface area contributed by atoms with Gasteiger partial charge in [-0.2, -0.15) is 5.26 Å². The maximum Gasteiger partial charge on any atom is 0.181 e. The topological polar surface area (TPSA) is 61.1 Å². The number of rotatable bonds is 0. The van der Waals surface area contributed by atoms with E-state index in [0.717, 1.165) is 5.56 Å². The first-order valence-corrected chi connectivity index (χ1v) is 4.19. The monoisotopic (exact) mass is 185 g/mol. The van der Waals surface area contributed by atoms with Crippen LogP contribution in [0, 0.1) is 11.3 Å². The molecule has 0 saturated heterocycles. The van der Waals surface area contributed by atoms with E-state index in [1.54, 1.807) is 30.3 Å². The number of hydrogen-bond acceptors (Lipinski definition) is 3. The van der Waals surface area contributed by atoms with Gasteiger partial charge in [0, 0.05) is 12.0 Å². The summed E-state index contributed by atoms with van der Waals surface area (Å²) in [5, 5.41) is 18.3. The molecular weight excluding hydrogens is 178 g/mol. The van der Waals surface area contributed by atoms with Gasteiger partial charge in [-0.15, -0.1) is 0 Å². The van der Waals surface area contributed by atoms with Crippen molar-refractivity contribution in [2.45, 2.75) is 6.42 Å². The number of fused-ring (bicyclic) bond motifs is 1. The Morgan fingerprint density at radius 1 is 1.36 bits per heavy atom. The number of ketones is 1. The Kier molecular flexibility index (Phi) is 1.83. The quantitative estimate of drug-likeness (QED) is 0.667. The maximum atomic E-state index is 11.4. The van der Waals surface area contributed by atoms with E-state index >= 15 is 0 Å². The Balaban J connectivity index is 2.69. The van der Waals surface area contributed by atoms with Gasteiger partial charge < -0.3 is 5.11 Å². The molecule has 0 unspecified atom stereocenters. The lowest BCUT2D eigenvalue weighted by Crippen LogP contribution is -2.14. The molecule has 0 radical (unpaired) electrons. The van der Waals surface area contributed by atoms with Crippen LogP contribution in [0.25, 0.3) is 5.76 Å². The zero-order chi connectivity index (χ0) is 10.1. The molecule has 1 aliphatic rings. The van der Waals surface area contributed by atoms with Crippen LogP contribution in [0.5, 0.6) is 0 Å². The van der Waals surface area contributed by atoms with Crippen LogP contribution in [-0.2, 0) is 11.2 Å². The second kappa shape index (κ2) is 3.00. The van der Waals surface area contributed by atoms with E-state index in [1.807, 2.05) is 0 Å². The summed E-state index contributed by atoms with van der Waals surface area (Å²) >= 11 is 0. The zero-order valence-electron chi connectivity index (χ0n) is 7.32. The summed E-state index contributed by atoms with van der Waals surface area (Å²) < 4.78 is 0. The number of hydrogen-bond donors (Lipinski definition) is 1. The number of nitrogens with zero attached hydrogens (tertiary/aromatic N) is 1. The summed E-state index contributed by atoms with van der Waals surface area (Å²) in [6.07, 6.45) is 0.198. The molecule has 1 N–H and O–H groups in total. The Hall–Kier alpha value is -2.08. The molecule has 68 valence electrons. The predicted molar refractivity (Wildman–Crippen MR) is 50.3 cm³/mol. The van der Waals surface area contributed by atoms with E-state index in [1.165, 1.54) is 0 Å². The molecule has 2 rings (SSSR count). The smallest absolute Gasteiger partial charge is 0.181 e. The third kappa shape index (κ3) is 1.09. The van der Waals surface area contributed by atoms with Gasteiger partial charge in [0.2, 0.25) is 0 Å². The summed E-state index contributed by atoms with van der Waals surface area (Å²) in [5.41, 5.74) is 1.22. The molecule has 0 atom stereocenters. The van der Waals surface area contributed by atoms with Crippen molar-refractivity contribution in [1.82, 2.24) is 0 Å². The average Bonchev–Trinajstić information content (AvgIpc) is 2.18. The van der Waals surface area contributed by atoms with Crippen LogP contribution in [0.15, 0.2) is 29.8 Å². The van der Waals surface area contributed by atoms with Crippen molar-refractivity contribution < 1.29 is 9.90 Å². The lowest BCUT2D eigenvalue weighted by molar-refractivity contribution is -0.114. The van der Waals surface area contributed by atoms with Gasteiger partial charge in [0.1, 0.15) is 17.4 Å². The van der Waals surface area contributed by atoms with Crippen LogP contribution in [0.1, 0.15) is 11.1 Å². The molecule has 0 amide bonds. The highest BCUT2D eigenvalue weighted by atomic mass is 16.3. The predicted octanol–water partition coefficient (Wildman–Crippen LogP) is 1.60. The van der Waals surface area contributed by atoms with Crippen molar-refractivity contribution in [3.8, 4) is 6.07 Å². The molecule has 0 fully saturated rings. The number of allylic oxidation sites excluding steroid dienone is 1. The van der Waals surface area contributed by atoms with Crippen LogP contribution in [0.4, 0.5) is 0 Å². The number of aliphatic hydroxyl groups is 1. The molecule has 1 aliphatic carbocycles. The van der Waals surface area contributed by atoms with E-state index in [9.17, 15) is 9.90 Å². The van der Waals surface area contributed by atoms with E-state index in [0.29, 0.717) is 5.56 Å². The van der Waals surface area contributed by atoms with Gasteiger partial charge in [0.05, 0.1) is 0 Å². The van der Waals surface area contributed by atoms with Crippen LogP contribution >= 0.6 is 0 Å². The SMILES string of the molecule is N#CC1=C(O)c2ccccc2CC1=O. The molecule has 14 heavy (non-hydrogen) atoms. The molecule has 1 aromatic carbocycles. The zero-order valence-corrected chi connectivity index (χ0v) is 7.32. The first-order chi connectivity index (χ1) is 6.74. The van der Waals surface area contributed by atoms with Gasteiger partial charge in [0.25, 0.3) is 0 Å². The lowest BCUT2D eigenvalue weighted by Gasteiger charge is -2.14. The summed E-state index contributed by atoms with van der Waals surface area (Å²) in [7, 11) is 0. The maximum absolute atomic E-state index is 11.4. The van der Waals surface area contributed by atoms with E-state index in [-0.39, 0.29) is 23.5 Å². The Labute approximate surface area is 80.9 Å². The third-order valence-electron chi connectivity index (χ3n) is 2.25. The third-order valence-corrected chi connectivity index (χ3v) is 2.25. The van der Waals surface area contributed by atoms with Crippen LogP contribution in [0.2, 0.25) is 0 Å². The first-order valence-electron chi connectivity index (χ1n) is 4.19. The summed E-state index contributed by atoms with van der Waals surface area (Å²) in [6.45, 7) is 0. The fraction of sp³-hybridized carbons (Fsp3) is 0.0909. The van der Waals surface area contributed by atoms with Crippen LogP contribution in [0.3, 0.4) is 0 Å². The van der Waals surface area contributed by atoms with Crippen molar-refractivity contribution in [2.75, 3.05) is 0 Å². The molecule has 3 nitrogen and oxygen atoms in total. The number of nitriles is 1. The second-order valence-electron chi connectivity index (χ2n) is 3.09. The number of aliphatic hydroxyl groups excluding tert-OH is 1. The van der Waals surface area contributed by atoms with E-state index < -0.39 is 0 Å². The minimum absolute atomic E-state index is 0.135.